The number of carbonyl (C=O) groups is 1. The summed E-state index contributed by atoms with van der Waals surface area (Å²) in [6.07, 6.45) is -2.46. The largest absolute Gasteiger partial charge is 0.453 e. The van der Waals surface area contributed by atoms with E-state index in [4.69, 9.17) is 27.4 Å². The van der Waals surface area contributed by atoms with Gasteiger partial charge in [-0.1, -0.05) is 0 Å². The van der Waals surface area contributed by atoms with Crippen LogP contribution in [0.5, 0.6) is 0 Å². The molecule has 0 radical (unpaired) electrons. The maximum Gasteiger partial charge on any atom is 0.406 e. The number of hydrogen-bond donors (Lipinski definition) is 4. The smallest absolute Gasteiger partial charge is 0.406 e. The van der Waals surface area contributed by atoms with Crippen LogP contribution in [-0.4, -0.2) is 6.09 Å². The van der Waals surface area contributed by atoms with Gasteiger partial charge in [-0.25, -0.2) is 4.79 Å². The quantitative estimate of drug-likeness (QED) is 0.438. The first-order valence-corrected chi connectivity index (χ1v) is 5.23. The minimum absolute atomic E-state index is 0.166. The number of nitrogens with two attached hydrogens (primary N) is 4. The van der Waals surface area contributed by atoms with Crippen molar-refractivity contribution in [3.8, 4) is 0 Å². The van der Waals surface area contributed by atoms with E-state index < -0.39 is 17.7 Å². The van der Waals surface area contributed by atoms with Gasteiger partial charge in [0.2, 0.25) is 11.7 Å². The number of ether oxygens (including phenoxy) is 1. The first kappa shape index (κ1) is 12.7. The Morgan fingerprint density at radius 2 is 2.00 bits per heavy atom. The molecule has 1 aromatic heterocycles. The van der Waals surface area contributed by atoms with Crippen molar-refractivity contribution in [2.75, 3.05) is 11.5 Å². The predicted octanol–water partition coefficient (Wildman–Crippen LogP) is 0.01000. The average molecular weight is 264 g/mol. The van der Waals surface area contributed by atoms with Crippen molar-refractivity contribution in [2.45, 2.75) is 6.23 Å². The summed E-state index contributed by atoms with van der Waals surface area (Å²) in [6.45, 7) is 0. The molecule has 0 saturated carbocycles. The summed E-state index contributed by atoms with van der Waals surface area (Å²) >= 11 is 0. The Hall–Kier alpha value is -2.74. The first-order chi connectivity index (χ1) is 8.90. The van der Waals surface area contributed by atoms with Gasteiger partial charge in [-0.15, -0.1) is 0 Å². The molecular weight excluding hydrogens is 252 g/mol. The second-order valence-corrected chi connectivity index (χ2v) is 3.82. The van der Waals surface area contributed by atoms with Crippen molar-refractivity contribution in [3.05, 3.63) is 34.2 Å². The molecule has 0 aliphatic rings. The molecule has 0 unspecified atom stereocenters. The summed E-state index contributed by atoms with van der Waals surface area (Å²) in [7, 11) is 0. The minimum Gasteiger partial charge on any atom is -0.453 e. The molecule has 0 fully saturated rings. The first-order valence-electron chi connectivity index (χ1n) is 5.23. The highest BCUT2D eigenvalue weighted by molar-refractivity contribution is 5.83. The third-order valence-corrected chi connectivity index (χ3v) is 2.48. The van der Waals surface area contributed by atoms with E-state index in [-0.39, 0.29) is 22.4 Å². The van der Waals surface area contributed by atoms with Crippen LogP contribution in [0.2, 0.25) is 0 Å². The van der Waals surface area contributed by atoms with Gasteiger partial charge in [-0.2, -0.15) is 0 Å². The molecule has 100 valence electrons. The van der Waals surface area contributed by atoms with Crippen molar-refractivity contribution in [2.24, 2.45) is 11.5 Å². The maximum absolute atomic E-state index is 12.0. The van der Waals surface area contributed by atoms with Crippen molar-refractivity contribution in [1.29, 1.82) is 0 Å². The van der Waals surface area contributed by atoms with Crippen LogP contribution in [0.15, 0.2) is 27.4 Å². The number of anilines is 2. The zero-order chi connectivity index (χ0) is 14.2. The zero-order valence-electron chi connectivity index (χ0n) is 9.75. The summed E-state index contributed by atoms with van der Waals surface area (Å²) in [5, 5.41) is 0.215. The molecule has 0 bridgehead atoms. The molecule has 19 heavy (non-hydrogen) atoms. The van der Waals surface area contributed by atoms with E-state index in [0.29, 0.717) is 5.69 Å². The zero-order valence-corrected chi connectivity index (χ0v) is 9.75. The molecule has 0 saturated heterocycles. The normalized spacial score (nSPS) is 12.3. The molecule has 8 nitrogen and oxygen atoms in total. The maximum atomic E-state index is 12.0. The lowest BCUT2D eigenvalue weighted by Gasteiger charge is -2.13. The van der Waals surface area contributed by atoms with Gasteiger partial charge in [0.25, 0.3) is 0 Å². The lowest BCUT2D eigenvalue weighted by molar-refractivity contribution is 0.0977. The molecule has 2 aromatic rings. The lowest BCUT2D eigenvalue weighted by Crippen LogP contribution is -2.25. The molecule has 1 heterocycles. The van der Waals surface area contributed by atoms with E-state index in [2.05, 4.69) is 4.74 Å². The van der Waals surface area contributed by atoms with Gasteiger partial charge in [-0.3, -0.25) is 10.5 Å². The van der Waals surface area contributed by atoms with Crippen LogP contribution in [0.3, 0.4) is 0 Å². The number of nitrogen functional groups attached to an aromatic ring is 2. The Labute approximate surface area is 106 Å². The SMILES string of the molecule is NC(=O)O[C@H](N)c1oc2ccc(N)cc2c(=O)c1N. The average Bonchev–Trinajstić information content (AvgIpc) is 2.33. The van der Waals surface area contributed by atoms with Crippen molar-refractivity contribution in [1.82, 2.24) is 0 Å². The topological polar surface area (TPSA) is 161 Å². The van der Waals surface area contributed by atoms with E-state index in [0.717, 1.165) is 0 Å². The molecule has 8 N–H and O–H groups in total. The van der Waals surface area contributed by atoms with E-state index in [1.807, 2.05) is 0 Å². The van der Waals surface area contributed by atoms with Crippen LogP contribution in [-0.2, 0) is 4.74 Å². The fraction of sp³-hybridized carbons (Fsp3) is 0.0909. The molecule has 0 aliphatic heterocycles. The van der Waals surface area contributed by atoms with E-state index in [1.165, 1.54) is 12.1 Å². The van der Waals surface area contributed by atoms with Gasteiger partial charge >= 0.3 is 6.09 Å². The van der Waals surface area contributed by atoms with Crippen molar-refractivity contribution in [3.63, 3.8) is 0 Å². The fourth-order valence-electron chi connectivity index (χ4n) is 1.63. The Kier molecular flexibility index (Phi) is 3.01. The molecule has 1 amide bonds. The molecule has 1 atom stereocenters. The van der Waals surface area contributed by atoms with Crippen LogP contribution in [0.1, 0.15) is 12.0 Å². The second kappa shape index (κ2) is 4.50. The Bertz CT molecular complexity index is 710. The van der Waals surface area contributed by atoms with E-state index in [1.54, 1.807) is 6.07 Å². The van der Waals surface area contributed by atoms with Crippen molar-refractivity contribution >= 4 is 28.4 Å². The number of carbonyl (C=O) groups excluding carboxylic acids is 1. The Morgan fingerprint density at radius 3 is 2.63 bits per heavy atom. The highest BCUT2D eigenvalue weighted by atomic mass is 16.6. The molecule has 0 aliphatic carbocycles. The molecule has 0 spiro atoms. The van der Waals surface area contributed by atoms with Gasteiger partial charge < -0.3 is 26.4 Å². The van der Waals surface area contributed by atoms with Gasteiger partial charge in [0, 0.05) is 5.69 Å². The Balaban J connectivity index is 2.64. The van der Waals surface area contributed by atoms with Crippen LogP contribution in [0, 0.1) is 0 Å². The second-order valence-electron chi connectivity index (χ2n) is 3.82. The van der Waals surface area contributed by atoms with Crippen LogP contribution < -0.4 is 28.4 Å². The third kappa shape index (κ3) is 2.29. The number of amides is 1. The molecule has 2 rings (SSSR count). The van der Waals surface area contributed by atoms with Gasteiger partial charge in [-0.05, 0) is 18.2 Å². The number of fused-ring (bicyclic) bond motifs is 1. The molecule has 1 aromatic carbocycles. The number of primary amides is 1. The Morgan fingerprint density at radius 1 is 1.32 bits per heavy atom. The van der Waals surface area contributed by atoms with E-state index in [9.17, 15) is 9.59 Å². The monoisotopic (exact) mass is 264 g/mol. The van der Waals surface area contributed by atoms with Crippen molar-refractivity contribution < 1.29 is 13.9 Å². The lowest BCUT2D eigenvalue weighted by atomic mass is 10.1. The predicted molar refractivity (Wildman–Crippen MR) is 68.9 cm³/mol. The summed E-state index contributed by atoms with van der Waals surface area (Å²) in [6, 6.07) is 4.47. The van der Waals surface area contributed by atoms with Gasteiger partial charge in [0.05, 0.1) is 5.39 Å². The fourth-order valence-corrected chi connectivity index (χ4v) is 1.63. The van der Waals surface area contributed by atoms with E-state index >= 15 is 0 Å². The molecule has 8 heteroatoms. The summed E-state index contributed by atoms with van der Waals surface area (Å²) in [5.41, 5.74) is 21.4. The third-order valence-electron chi connectivity index (χ3n) is 2.48. The number of rotatable bonds is 2. The minimum atomic E-state index is -1.35. The highest BCUT2D eigenvalue weighted by Crippen LogP contribution is 2.23. The highest BCUT2D eigenvalue weighted by Gasteiger charge is 2.20. The number of hydrogen-bond acceptors (Lipinski definition) is 7. The van der Waals surface area contributed by atoms with Crippen LogP contribution >= 0.6 is 0 Å². The van der Waals surface area contributed by atoms with Crippen LogP contribution in [0.25, 0.3) is 11.0 Å². The summed E-state index contributed by atoms with van der Waals surface area (Å²) < 4.78 is 9.88. The van der Waals surface area contributed by atoms with Crippen LogP contribution in [0.4, 0.5) is 16.2 Å². The molecular formula is C11H12N4O4. The van der Waals surface area contributed by atoms with Gasteiger partial charge in [0.1, 0.15) is 11.3 Å². The van der Waals surface area contributed by atoms with Gasteiger partial charge in [0.15, 0.2) is 5.76 Å². The standard InChI is InChI=1S/C11H12N4O4/c12-4-1-2-6-5(3-4)8(16)7(13)9(18-6)10(14)19-11(15)17/h1-3,10H,12-14H2,(H2,15,17)/t10-/m0/s1. The summed E-state index contributed by atoms with van der Waals surface area (Å²) in [4.78, 5) is 22.7. The summed E-state index contributed by atoms with van der Waals surface area (Å²) in [5.74, 6) is -0.166. The number of benzene rings is 1.